The van der Waals surface area contributed by atoms with Crippen LogP contribution in [0.2, 0.25) is 0 Å². The molecule has 0 aliphatic carbocycles. The lowest BCUT2D eigenvalue weighted by Crippen LogP contribution is -2.04. The van der Waals surface area contributed by atoms with Crippen LogP contribution in [0.4, 0.5) is 4.39 Å². The zero-order valence-corrected chi connectivity index (χ0v) is 16.0. The van der Waals surface area contributed by atoms with Gasteiger partial charge in [-0.15, -0.1) is 0 Å². The van der Waals surface area contributed by atoms with Crippen molar-refractivity contribution in [3.8, 4) is 16.9 Å². The molecule has 2 aromatic carbocycles. The van der Waals surface area contributed by atoms with Crippen molar-refractivity contribution < 1.29 is 23.4 Å². The lowest BCUT2D eigenvalue weighted by atomic mass is 10.0. The van der Waals surface area contributed by atoms with Crippen molar-refractivity contribution in [1.82, 2.24) is 4.98 Å². The summed E-state index contributed by atoms with van der Waals surface area (Å²) in [5, 5.41) is 9.43. The fourth-order valence-corrected chi connectivity index (χ4v) is 3.34. The number of carboxylic acid groups (broad SMARTS) is 1. The van der Waals surface area contributed by atoms with Crippen LogP contribution in [0.1, 0.15) is 16.8 Å². The molecule has 0 saturated heterocycles. The largest absolute Gasteiger partial charge is 0.489 e. The molecule has 0 aliphatic rings. The van der Waals surface area contributed by atoms with Gasteiger partial charge in [0.25, 0.3) is 0 Å². The van der Waals surface area contributed by atoms with E-state index in [1.54, 1.807) is 42.6 Å². The maximum absolute atomic E-state index is 14.3. The second-order valence-electron chi connectivity index (χ2n) is 6.81. The summed E-state index contributed by atoms with van der Waals surface area (Å²) in [6, 6.07) is 14.1. The highest BCUT2D eigenvalue weighted by Gasteiger charge is 2.15. The van der Waals surface area contributed by atoms with E-state index < -0.39 is 11.8 Å². The van der Waals surface area contributed by atoms with Crippen LogP contribution >= 0.6 is 0 Å². The third-order valence-electron chi connectivity index (χ3n) is 4.73. The van der Waals surface area contributed by atoms with Crippen molar-refractivity contribution in [3.63, 3.8) is 0 Å². The Balaban J connectivity index is 1.71. The van der Waals surface area contributed by atoms with Crippen LogP contribution in [0.25, 0.3) is 22.1 Å². The smallest absolute Gasteiger partial charge is 0.307 e. The molecule has 0 radical (unpaired) electrons. The van der Waals surface area contributed by atoms with Crippen LogP contribution < -0.4 is 10.5 Å². The molecule has 0 atom stereocenters. The third-order valence-corrected chi connectivity index (χ3v) is 4.73. The van der Waals surface area contributed by atoms with Crippen molar-refractivity contribution in [2.75, 3.05) is 0 Å². The Hall–Kier alpha value is -3.71. The average molecular weight is 406 g/mol. The van der Waals surface area contributed by atoms with Gasteiger partial charge in [0, 0.05) is 23.9 Å². The van der Waals surface area contributed by atoms with Gasteiger partial charge in [0.05, 0.1) is 17.5 Å². The summed E-state index contributed by atoms with van der Waals surface area (Å²) in [4.78, 5) is 15.3. The highest BCUT2D eigenvalue weighted by atomic mass is 19.1. The predicted molar refractivity (Wildman–Crippen MR) is 109 cm³/mol. The van der Waals surface area contributed by atoms with E-state index in [1.165, 1.54) is 0 Å². The minimum absolute atomic E-state index is 0.138. The number of halogens is 1. The number of hydrogen-bond donors (Lipinski definition) is 2. The van der Waals surface area contributed by atoms with Gasteiger partial charge in [-0.25, -0.2) is 4.39 Å². The van der Waals surface area contributed by atoms with Crippen LogP contribution in [0, 0.1) is 5.82 Å². The first-order valence-corrected chi connectivity index (χ1v) is 9.32. The number of aromatic nitrogens is 1. The van der Waals surface area contributed by atoms with E-state index in [2.05, 4.69) is 4.98 Å². The van der Waals surface area contributed by atoms with Gasteiger partial charge in [-0.1, -0.05) is 18.2 Å². The molecule has 0 unspecified atom stereocenters. The minimum Gasteiger partial charge on any atom is -0.489 e. The number of fused-ring (bicyclic) bond motifs is 1. The summed E-state index contributed by atoms with van der Waals surface area (Å²) in [5.41, 5.74) is 9.62. The monoisotopic (exact) mass is 406 g/mol. The fourth-order valence-electron chi connectivity index (χ4n) is 3.34. The van der Waals surface area contributed by atoms with E-state index in [1.807, 2.05) is 12.1 Å². The molecular weight excluding hydrogens is 387 g/mol. The number of para-hydroxylation sites is 1. The number of rotatable bonds is 7. The standard InChI is InChI=1S/C23H19FN2O4/c24-20-13-30-23-18(15-5-6-26-17(9-15)11-25)7-14(8-19(20)23)12-29-21-4-2-1-3-16(21)10-22(27)28/h1-9,13H,10-12,25H2,(H,27,28). The molecule has 0 aliphatic heterocycles. The molecule has 3 N–H and O–H groups in total. The molecular formula is C23H19FN2O4. The van der Waals surface area contributed by atoms with Crippen molar-refractivity contribution in [2.24, 2.45) is 5.73 Å². The summed E-state index contributed by atoms with van der Waals surface area (Å²) in [6.45, 7) is 0.422. The zero-order valence-electron chi connectivity index (χ0n) is 16.0. The predicted octanol–water partition coefficient (Wildman–Crippen LogP) is 4.30. The number of benzene rings is 2. The van der Waals surface area contributed by atoms with E-state index in [9.17, 15) is 9.18 Å². The summed E-state index contributed by atoms with van der Waals surface area (Å²) < 4.78 is 25.6. The summed E-state index contributed by atoms with van der Waals surface area (Å²) >= 11 is 0. The Kier molecular flexibility index (Phi) is 5.45. The first-order valence-electron chi connectivity index (χ1n) is 9.32. The highest BCUT2D eigenvalue weighted by Crippen LogP contribution is 2.33. The molecule has 152 valence electrons. The molecule has 0 fully saturated rings. The van der Waals surface area contributed by atoms with Gasteiger partial charge in [-0.2, -0.15) is 0 Å². The Morgan fingerprint density at radius 2 is 2.03 bits per heavy atom. The van der Waals surface area contributed by atoms with Gasteiger partial charge in [0.2, 0.25) is 0 Å². The summed E-state index contributed by atoms with van der Waals surface area (Å²) in [6.07, 6.45) is 2.58. The highest BCUT2D eigenvalue weighted by molar-refractivity contribution is 5.93. The van der Waals surface area contributed by atoms with Crippen LogP contribution in [0.15, 0.2) is 65.4 Å². The maximum Gasteiger partial charge on any atom is 0.307 e. The Labute approximate surface area is 171 Å². The summed E-state index contributed by atoms with van der Waals surface area (Å²) in [7, 11) is 0. The van der Waals surface area contributed by atoms with E-state index in [-0.39, 0.29) is 19.6 Å². The number of furan rings is 1. The third kappa shape index (κ3) is 4.01. The van der Waals surface area contributed by atoms with Crippen LogP contribution in [0.3, 0.4) is 0 Å². The van der Waals surface area contributed by atoms with Gasteiger partial charge < -0.3 is 20.0 Å². The van der Waals surface area contributed by atoms with E-state index in [4.69, 9.17) is 20.0 Å². The number of carboxylic acids is 1. The SMILES string of the molecule is NCc1cc(-c2cc(COc3ccccc3CC(=O)O)cc3c(F)coc23)ccn1. The molecule has 2 heterocycles. The van der Waals surface area contributed by atoms with E-state index in [0.29, 0.717) is 39.1 Å². The van der Waals surface area contributed by atoms with Gasteiger partial charge in [0.15, 0.2) is 5.82 Å². The lowest BCUT2D eigenvalue weighted by Gasteiger charge is -2.12. The number of aliphatic carboxylic acids is 1. The number of ether oxygens (including phenoxy) is 1. The average Bonchev–Trinajstić information content (AvgIpc) is 3.13. The molecule has 6 nitrogen and oxygen atoms in total. The van der Waals surface area contributed by atoms with E-state index >= 15 is 0 Å². The molecule has 0 saturated carbocycles. The quantitative estimate of drug-likeness (QED) is 0.475. The molecule has 0 amide bonds. The first kappa shape index (κ1) is 19.6. The molecule has 0 spiro atoms. The first-order chi connectivity index (χ1) is 14.5. The maximum atomic E-state index is 14.3. The fraction of sp³-hybridized carbons (Fsp3) is 0.130. The van der Waals surface area contributed by atoms with Crippen LogP contribution in [-0.4, -0.2) is 16.1 Å². The molecule has 4 rings (SSSR count). The molecule has 0 bridgehead atoms. The van der Waals surface area contributed by atoms with Crippen LogP contribution in [-0.2, 0) is 24.4 Å². The van der Waals surface area contributed by atoms with Gasteiger partial charge in [-0.3, -0.25) is 9.78 Å². The van der Waals surface area contributed by atoms with Gasteiger partial charge in [0.1, 0.15) is 24.2 Å². The number of nitrogens with two attached hydrogens (primary N) is 1. The second-order valence-corrected chi connectivity index (χ2v) is 6.81. The number of pyridine rings is 1. The zero-order chi connectivity index (χ0) is 21.1. The number of nitrogens with zero attached hydrogens (tertiary/aromatic N) is 1. The topological polar surface area (TPSA) is 98.6 Å². The number of carbonyl (C=O) groups is 1. The number of hydrogen-bond acceptors (Lipinski definition) is 5. The Bertz CT molecular complexity index is 1220. The Morgan fingerprint density at radius 1 is 1.20 bits per heavy atom. The van der Waals surface area contributed by atoms with E-state index in [0.717, 1.165) is 11.8 Å². The lowest BCUT2D eigenvalue weighted by molar-refractivity contribution is -0.136. The summed E-state index contributed by atoms with van der Waals surface area (Å²) in [5.74, 6) is -0.931. The van der Waals surface area contributed by atoms with Crippen LogP contribution in [0.5, 0.6) is 5.75 Å². The normalized spacial score (nSPS) is 11.0. The molecule has 7 heteroatoms. The van der Waals surface area contributed by atoms with Crippen molar-refractivity contribution in [2.45, 2.75) is 19.6 Å². The Morgan fingerprint density at radius 3 is 2.83 bits per heavy atom. The molecule has 2 aromatic heterocycles. The molecule has 30 heavy (non-hydrogen) atoms. The van der Waals surface area contributed by atoms with Crippen molar-refractivity contribution >= 4 is 16.9 Å². The van der Waals surface area contributed by atoms with Crippen molar-refractivity contribution in [1.29, 1.82) is 0 Å². The van der Waals surface area contributed by atoms with Crippen molar-refractivity contribution in [3.05, 3.63) is 83.6 Å². The second kappa shape index (κ2) is 8.34. The minimum atomic E-state index is -0.941. The van der Waals surface area contributed by atoms with Gasteiger partial charge >= 0.3 is 5.97 Å². The van der Waals surface area contributed by atoms with Gasteiger partial charge in [-0.05, 0) is 41.5 Å². The molecule has 4 aromatic rings.